The number of hydrogen-bond acceptors (Lipinski definition) is 5. The number of thioether (sulfide) groups is 1. The van der Waals surface area contributed by atoms with Crippen LogP contribution in [-0.2, 0) is 11.3 Å². The largest absolute Gasteiger partial charge is 0.495 e. The molecular weight excluding hydrogens is 456 g/mol. The summed E-state index contributed by atoms with van der Waals surface area (Å²) >= 11 is 4.27. The van der Waals surface area contributed by atoms with E-state index in [1.54, 1.807) is 36.0 Å². The van der Waals surface area contributed by atoms with E-state index in [-0.39, 0.29) is 5.56 Å². The molecule has 1 N–H and O–H groups in total. The van der Waals surface area contributed by atoms with Crippen LogP contribution in [0.2, 0.25) is 0 Å². The molecule has 0 saturated carbocycles. The number of aromatic nitrogens is 1. The number of carbonyl (C=O) groups excluding carboxylic acids is 2. The number of methoxy groups -OCH3 is 1. The zero-order chi connectivity index (χ0) is 20.5. The Balaban J connectivity index is 1.90. The van der Waals surface area contributed by atoms with Crippen LogP contribution in [0.25, 0.3) is 17.0 Å². The monoisotopic (exact) mass is 470 g/mol. The van der Waals surface area contributed by atoms with Crippen LogP contribution in [0.15, 0.2) is 62.7 Å². The second-order valence-electron chi connectivity index (χ2n) is 6.36. The molecule has 6 nitrogen and oxygen atoms in total. The van der Waals surface area contributed by atoms with E-state index in [1.807, 2.05) is 24.3 Å². The second-order valence-corrected chi connectivity index (χ2v) is 8.29. The molecule has 0 aliphatic carbocycles. The van der Waals surface area contributed by atoms with Gasteiger partial charge in [0.1, 0.15) is 5.75 Å². The molecule has 0 spiro atoms. The van der Waals surface area contributed by atoms with Gasteiger partial charge in [0, 0.05) is 15.9 Å². The summed E-state index contributed by atoms with van der Waals surface area (Å²) in [6.45, 7) is 0.369. The lowest BCUT2D eigenvalue weighted by molar-refractivity contribution is -0.115. The van der Waals surface area contributed by atoms with Gasteiger partial charge in [0.25, 0.3) is 16.7 Å². The molecule has 1 fully saturated rings. The van der Waals surface area contributed by atoms with Crippen molar-refractivity contribution in [1.82, 2.24) is 9.88 Å². The summed E-state index contributed by atoms with van der Waals surface area (Å²) in [5.41, 5.74) is 2.15. The number of fused-ring (bicyclic) bond motifs is 1. The van der Waals surface area contributed by atoms with Crippen LogP contribution in [0.4, 0.5) is 4.79 Å². The molecule has 3 aromatic rings. The maximum absolute atomic E-state index is 12.7. The molecule has 4 rings (SSSR count). The van der Waals surface area contributed by atoms with E-state index in [4.69, 9.17) is 4.74 Å². The third-order valence-corrected chi connectivity index (χ3v) is 5.88. The van der Waals surface area contributed by atoms with Crippen LogP contribution in [0.5, 0.6) is 5.75 Å². The first kappa shape index (κ1) is 19.5. The standard InChI is InChI=1S/C21H15BrN2O4S/c1-28-16-8-4-13(10-17-20(26)23-21(27)29-17)15-7-9-18(25)24(19(15)16)11-12-2-5-14(22)6-3-12/h2-10H,11H2,1H3,(H,23,26,27). The van der Waals surface area contributed by atoms with Gasteiger partial charge >= 0.3 is 0 Å². The average Bonchev–Trinajstić information content (AvgIpc) is 3.02. The first-order chi connectivity index (χ1) is 14.0. The molecule has 2 aromatic carbocycles. The van der Waals surface area contributed by atoms with E-state index in [9.17, 15) is 14.4 Å². The Bertz CT molecular complexity index is 1230. The number of nitrogens with zero attached hydrogens (tertiary/aromatic N) is 1. The third-order valence-electron chi connectivity index (χ3n) is 4.54. The second kappa shape index (κ2) is 7.88. The van der Waals surface area contributed by atoms with Crippen molar-refractivity contribution in [1.29, 1.82) is 0 Å². The van der Waals surface area contributed by atoms with Crippen molar-refractivity contribution >= 4 is 55.8 Å². The molecule has 1 aliphatic heterocycles. The topological polar surface area (TPSA) is 77.4 Å². The molecule has 1 aliphatic rings. The fourth-order valence-electron chi connectivity index (χ4n) is 3.19. The summed E-state index contributed by atoms with van der Waals surface area (Å²) in [4.78, 5) is 36.4. The van der Waals surface area contributed by atoms with Gasteiger partial charge in [-0.2, -0.15) is 0 Å². The van der Waals surface area contributed by atoms with Crippen molar-refractivity contribution in [2.75, 3.05) is 7.11 Å². The highest BCUT2D eigenvalue weighted by molar-refractivity contribution is 9.10. The van der Waals surface area contributed by atoms with Gasteiger partial charge in [0.05, 0.1) is 24.1 Å². The summed E-state index contributed by atoms with van der Waals surface area (Å²) < 4.78 is 8.12. The lowest BCUT2D eigenvalue weighted by atomic mass is 10.1. The summed E-state index contributed by atoms with van der Waals surface area (Å²) in [5.74, 6) is 0.128. The number of halogens is 1. The maximum atomic E-state index is 12.7. The number of amides is 2. The third kappa shape index (κ3) is 3.86. The van der Waals surface area contributed by atoms with Gasteiger partial charge in [0.2, 0.25) is 0 Å². The van der Waals surface area contributed by atoms with Crippen molar-refractivity contribution < 1.29 is 14.3 Å². The first-order valence-electron chi connectivity index (χ1n) is 8.66. The molecular formula is C21H15BrN2O4S. The Labute approximate surface area is 178 Å². The summed E-state index contributed by atoms with van der Waals surface area (Å²) in [6.07, 6.45) is 1.65. The van der Waals surface area contributed by atoms with E-state index in [0.717, 1.165) is 32.7 Å². The van der Waals surface area contributed by atoms with Crippen LogP contribution in [0.1, 0.15) is 11.1 Å². The van der Waals surface area contributed by atoms with Crippen molar-refractivity contribution in [2.24, 2.45) is 0 Å². The van der Waals surface area contributed by atoms with Gasteiger partial charge in [-0.15, -0.1) is 0 Å². The van der Waals surface area contributed by atoms with Gasteiger partial charge in [-0.05, 0) is 53.2 Å². The zero-order valence-electron chi connectivity index (χ0n) is 15.3. The van der Waals surface area contributed by atoms with Crippen LogP contribution in [-0.4, -0.2) is 22.8 Å². The minimum Gasteiger partial charge on any atom is -0.495 e. The van der Waals surface area contributed by atoms with Crippen molar-refractivity contribution in [2.45, 2.75) is 6.54 Å². The molecule has 2 amide bonds. The predicted octanol–water partition coefficient (Wildman–Crippen LogP) is 4.14. The molecule has 1 saturated heterocycles. The fourth-order valence-corrected chi connectivity index (χ4v) is 4.13. The van der Waals surface area contributed by atoms with E-state index < -0.39 is 11.1 Å². The molecule has 0 radical (unpaired) electrons. The average molecular weight is 471 g/mol. The lowest BCUT2D eigenvalue weighted by Crippen LogP contribution is -2.20. The smallest absolute Gasteiger partial charge is 0.290 e. The minimum atomic E-state index is -0.424. The van der Waals surface area contributed by atoms with Crippen LogP contribution in [0, 0.1) is 0 Å². The number of pyridine rings is 1. The number of carbonyl (C=O) groups is 2. The van der Waals surface area contributed by atoms with Gasteiger partial charge in [-0.3, -0.25) is 19.7 Å². The summed E-state index contributed by atoms with van der Waals surface area (Å²) in [6, 6.07) is 14.5. The fraction of sp³-hybridized carbons (Fsp3) is 0.0952. The van der Waals surface area contributed by atoms with Crippen LogP contribution < -0.4 is 15.6 Å². The number of benzene rings is 2. The quantitative estimate of drug-likeness (QED) is 0.579. The minimum absolute atomic E-state index is 0.160. The van der Waals surface area contributed by atoms with Gasteiger partial charge in [0.15, 0.2) is 0 Å². The summed E-state index contributed by atoms with van der Waals surface area (Å²) in [7, 11) is 1.55. The molecule has 8 heteroatoms. The maximum Gasteiger partial charge on any atom is 0.290 e. The van der Waals surface area contributed by atoms with Gasteiger partial charge < -0.3 is 9.30 Å². The number of ether oxygens (including phenoxy) is 1. The van der Waals surface area contributed by atoms with E-state index in [1.165, 1.54) is 6.07 Å². The number of imide groups is 1. The Hall–Kier alpha value is -2.84. The summed E-state index contributed by atoms with van der Waals surface area (Å²) in [5, 5.41) is 2.60. The van der Waals surface area contributed by atoms with Crippen molar-refractivity contribution in [3.8, 4) is 5.75 Å². The predicted molar refractivity (Wildman–Crippen MR) is 117 cm³/mol. The Morgan fingerprint density at radius 1 is 1.07 bits per heavy atom. The Morgan fingerprint density at radius 2 is 1.83 bits per heavy atom. The molecule has 29 heavy (non-hydrogen) atoms. The zero-order valence-corrected chi connectivity index (χ0v) is 17.7. The normalized spacial score (nSPS) is 15.2. The molecule has 0 unspecified atom stereocenters. The Kier molecular flexibility index (Phi) is 5.29. The highest BCUT2D eigenvalue weighted by Gasteiger charge is 2.25. The molecule has 2 heterocycles. The first-order valence-corrected chi connectivity index (χ1v) is 10.3. The number of nitrogens with one attached hydrogen (secondary N) is 1. The molecule has 0 atom stereocenters. The number of rotatable bonds is 4. The lowest BCUT2D eigenvalue weighted by Gasteiger charge is -2.15. The molecule has 1 aromatic heterocycles. The van der Waals surface area contributed by atoms with E-state index >= 15 is 0 Å². The highest BCUT2D eigenvalue weighted by atomic mass is 79.9. The molecule has 0 bridgehead atoms. The van der Waals surface area contributed by atoms with E-state index in [0.29, 0.717) is 22.7 Å². The molecule has 146 valence electrons. The van der Waals surface area contributed by atoms with Crippen LogP contribution >= 0.6 is 27.7 Å². The Morgan fingerprint density at radius 3 is 2.48 bits per heavy atom. The highest BCUT2D eigenvalue weighted by Crippen LogP contribution is 2.32. The van der Waals surface area contributed by atoms with Crippen molar-refractivity contribution in [3.63, 3.8) is 0 Å². The SMILES string of the molecule is COc1ccc(C=C2SC(=O)NC2=O)c2ccc(=O)n(Cc3ccc(Br)cc3)c12. The number of hydrogen-bond donors (Lipinski definition) is 1. The van der Waals surface area contributed by atoms with Gasteiger partial charge in [-0.1, -0.05) is 34.1 Å². The van der Waals surface area contributed by atoms with Crippen molar-refractivity contribution in [3.05, 3.63) is 79.4 Å². The van der Waals surface area contributed by atoms with E-state index in [2.05, 4.69) is 21.2 Å². The van der Waals surface area contributed by atoms with Gasteiger partial charge in [-0.25, -0.2) is 0 Å². The van der Waals surface area contributed by atoms with Crippen LogP contribution in [0.3, 0.4) is 0 Å².